The van der Waals surface area contributed by atoms with Crippen LogP contribution in [0.2, 0.25) is 0 Å². The molecule has 1 unspecified atom stereocenters. The van der Waals surface area contributed by atoms with Crippen molar-refractivity contribution >= 4 is 23.5 Å². The Hall–Kier alpha value is -1.70. The second-order valence-electron chi connectivity index (χ2n) is 8.62. The van der Waals surface area contributed by atoms with Crippen LogP contribution in [-0.2, 0) is 0 Å². The van der Waals surface area contributed by atoms with Crippen molar-refractivity contribution in [2.24, 2.45) is 5.92 Å². The molecule has 2 heteroatoms. The summed E-state index contributed by atoms with van der Waals surface area (Å²) in [6.07, 6.45) is 19.8. The van der Waals surface area contributed by atoms with E-state index in [0.29, 0.717) is 11.8 Å². The Balaban J connectivity index is 3.17. The van der Waals surface area contributed by atoms with Gasteiger partial charge in [-0.05, 0) is 61.1 Å². The van der Waals surface area contributed by atoms with E-state index in [2.05, 4.69) is 65.0 Å². The van der Waals surface area contributed by atoms with Crippen molar-refractivity contribution in [3.05, 3.63) is 34.9 Å². The fourth-order valence-corrected chi connectivity index (χ4v) is 3.86. The standard InChI is InChI=1S/C26H44N2/c1-6-8-10-12-14-16-22-19-23(17-15-13-11-9-7-2)26(28)24(25(22)27)21(5)18-20(3)4/h14-17,19-21H,6-13,18,27-28H2,1-5H3. The summed E-state index contributed by atoms with van der Waals surface area (Å²) in [5.41, 5.74) is 18.3. The lowest BCUT2D eigenvalue weighted by atomic mass is 9.86. The minimum absolute atomic E-state index is 0.362. The molecule has 1 rings (SSSR count). The molecule has 0 saturated heterocycles. The second-order valence-corrected chi connectivity index (χ2v) is 8.62. The number of hydrogen-bond acceptors (Lipinski definition) is 2. The summed E-state index contributed by atoms with van der Waals surface area (Å²) in [5.74, 6) is 0.982. The first-order chi connectivity index (χ1) is 13.4. The zero-order valence-corrected chi connectivity index (χ0v) is 19.1. The van der Waals surface area contributed by atoms with Gasteiger partial charge in [-0.25, -0.2) is 0 Å². The molecule has 0 bridgehead atoms. The van der Waals surface area contributed by atoms with E-state index < -0.39 is 0 Å². The van der Waals surface area contributed by atoms with Crippen molar-refractivity contribution in [2.75, 3.05) is 11.5 Å². The highest BCUT2D eigenvalue weighted by atomic mass is 14.6. The number of unbranched alkanes of at least 4 members (excludes halogenated alkanes) is 6. The number of allylic oxidation sites excluding steroid dienone is 2. The number of hydrogen-bond donors (Lipinski definition) is 2. The molecule has 0 fully saturated rings. The van der Waals surface area contributed by atoms with Crippen LogP contribution in [0.5, 0.6) is 0 Å². The number of anilines is 2. The lowest BCUT2D eigenvalue weighted by molar-refractivity contribution is 0.525. The van der Waals surface area contributed by atoms with Gasteiger partial charge in [0.15, 0.2) is 0 Å². The molecule has 0 radical (unpaired) electrons. The maximum atomic E-state index is 6.61. The molecule has 0 aliphatic rings. The van der Waals surface area contributed by atoms with Crippen LogP contribution in [0.1, 0.15) is 115 Å². The monoisotopic (exact) mass is 384 g/mol. The highest BCUT2D eigenvalue weighted by Gasteiger charge is 2.18. The van der Waals surface area contributed by atoms with E-state index in [1.54, 1.807) is 0 Å². The van der Waals surface area contributed by atoms with Crippen molar-refractivity contribution in [2.45, 2.75) is 98.3 Å². The van der Waals surface area contributed by atoms with Gasteiger partial charge < -0.3 is 11.5 Å². The van der Waals surface area contributed by atoms with Gasteiger partial charge in [-0.15, -0.1) is 0 Å². The second kappa shape index (κ2) is 13.5. The van der Waals surface area contributed by atoms with Crippen LogP contribution < -0.4 is 11.5 Å². The van der Waals surface area contributed by atoms with Gasteiger partial charge in [0, 0.05) is 16.9 Å². The van der Waals surface area contributed by atoms with E-state index in [4.69, 9.17) is 11.5 Å². The molecule has 28 heavy (non-hydrogen) atoms. The van der Waals surface area contributed by atoms with Crippen LogP contribution in [-0.4, -0.2) is 0 Å². The van der Waals surface area contributed by atoms with Crippen LogP contribution in [0.25, 0.3) is 12.2 Å². The predicted molar refractivity (Wildman–Crippen MR) is 129 cm³/mol. The average Bonchev–Trinajstić information content (AvgIpc) is 2.63. The molecule has 0 aliphatic heterocycles. The fourth-order valence-electron chi connectivity index (χ4n) is 3.86. The van der Waals surface area contributed by atoms with Gasteiger partial charge in [0.1, 0.15) is 0 Å². The minimum atomic E-state index is 0.362. The molecule has 4 N–H and O–H groups in total. The van der Waals surface area contributed by atoms with Crippen molar-refractivity contribution in [1.82, 2.24) is 0 Å². The summed E-state index contributed by atoms with van der Waals surface area (Å²) < 4.78 is 0. The van der Waals surface area contributed by atoms with Crippen molar-refractivity contribution in [3.8, 4) is 0 Å². The van der Waals surface area contributed by atoms with E-state index in [0.717, 1.165) is 47.3 Å². The first kappa shape index (κ1) is 24.3. The number of nitrogen functional groups attached to an aromatic ring is 2. The van der Waals surface area contributed by atoms with Gasteiger partial charge in [-0.1, -0.05) is 84.6 Å². The molecule has 1 atom stereocenters. The average molecular weight is 385 g/mol. The summed E-state index contributed by atoms with van der Waals surface area (Å²) in [7, 11) is 0. The maximum Gasteiger partial charge on any atom is 0.0444 e. The summed E-state index contributed by atoms with van der Waals surface area (Å²) in [6.45, 7) is 11.3. The molecule has 0 aromatic heterocycles. The Morgan fingerprint density at radius 1 is 0.786 bits per heavy atom. The van der Waals surface area contributed by atoms with Gasteiger partial charge in [-0.2, -0.15) is 0 Å². The van der Waals surface area contributed by atoms with E-state index >= 15 is 0 Å². The summed E-state index contributed by atoms with van der Waals surface area (Å²) in [5, 5.41) is 0. The lowest BCUT2D eigenvalue weighted by Gasteiger charge is -2.22. The first-order valence-corrected chi connectivity index (χ1v) is 11.5. The zero-order chi connectivity index (χ0) is 20.9. The maximum absolute atomic E-state index is 6.61. The first-order valence-electron chi connectivity index (χ1n) is 11.5. The minimum Gasteiger partial charge on any atom is -0.398 e. The molecule has 0 spiro atoms. The lowest BCUT2D eigenvalue weighted by Crippen LogP contribution is -2.09. The Labute approximate surface area is 174 Å². The molecule has 1 aromatic carbocycles. The third kappa shape index (κ3) is 8.12. The van der Waals surface area contributed by atoms with E-state index in [9.17, 15) is 0 Å². The third-order valence-electron chi connectivity index (χ3n) is 5.37. The van der Waals surface area contributed by atoms with Gasteiger partial charge >= 0.3 is 0 Å². The highest BCUT2D eigenvalue weighted by Crippen LogP contribution is 2.38. The summed E-state index contributed by atoms with van der Waals surface area (Å²) in [4.78, 5) is 0. The summed E-state index contributed by atoms with van der Waals surface area (Å²) >= 11 is 0. The van der Waals surface area contributed by atoms with E-state index in [1.165, 1.54) is 38.5 Å². The number of benzene rings is 1. The van der Waals surface area contributed by atoms with Crippen LogP contribution in [0.4, 0.5) is 11.4 Å². The zero-order valence-electron chi connectivity index (χ0n) is 19.1. The van der Waals surface area contributed by atoms with E-state index in [1.807, 2.05) is 0 Å². The van der Waals surface area contributed by atoms with Crippen molar-refractivity contribution in [1.29, 1.82) is 0 Å². The fraction of sp³-hybridized carbons (Fsp3) is 0.615. The quantitative estimate of drug-likeness (QED) is 0.266. The Bertz CT molecular complexity index is 582. The molecular weight excluding hydrogens is 340 g/mol. The normalized spacial score (nSPS) is 13.2. The van der Waals surface area contributed by atoms with E-state index in [-0.39, 0.29) is 0 Å². The van der Waals surface area contributed by atoms with Gasteiger partial charge in [0.2, 0.25) is 0 Å². The van der Waals surface area contributed by atoms with Crippen LogP contribution in [0.15, 0.2) is 18.2 Å². The molecule has 1 aromatic rings. The SMILES string of the molecule is CCCCCC=Cc1cc(C=CCCCCC)c(N)c(C(C)CC(C)C)c1N. The van der Waals surface area contributed by atoms with Crippen molar-refractivity contribution in [3.63, 3.8) is 0 Å². The van der Waals surface area contributed by atoms with Crippen LogP contribution >= 0.6 is 0 Å². The van der Waals surface area contributed by atoms with Crippen LogP contribution in [0.3, 0.4) is 0 Å². The summed E-state index contributed by atoms with van der Waals surface area (Å²) in [6, 6.07) is 2.17. The van der Waals surface area contributed by atoms with Crippen molar-refractivity contribution < 1.29 is 0 Å². The molecule has 0 saturated carbocycles. The largest absolute Gasteiger partial charge is 0.398 e. The number of nitrogens with two attached hydrogens (primary N) is 2. The molecule has 0 heterocycles. The van der Waals surface area contributed by atoms with Gasteiger partial charge in [0.25, 0.3) is 0 Å². The van der Waals surface area contributed by atoms with Gasteiger partial charge in [0.05, 0.1) is 0 Å². The molecule has 0 amide bonds. The predicted octanol–water partition coefficient (Wildman–Crippen LogP) is 8.19. The van der Waals surface area contributed by atoms with Crippen LogP contribution in [0, 0.1) is 5.92 Å². The highest BCUT2D eigenvalue weighted by molar-refractivity contribution is 5.81. The topological polar surface area (TPSA) is 52.0 Å². The smallest absolute Gasteiger partial charge is 0.0444 e. The molecular formula is C26H44N2. The Morgan fingerprint density at radius 2 is 1.25 bits per heavy atom. The molecule has 2 nitrogen and oxygen atoms in total. The number of rotatable bonds is 13. The van der Waals surface area contributed by atoms with Gasteiger partial charge in [-0.3, -0.25) is 0 Å². The molecule has 0 aliphatic carbocycles. The molecule has 158 valence electrons. The third-order valence-corrected chi connectivity index (χ3v) is 5.37. The Morgan fingerprint density at radius 3 is 1.64 bits per heavy atom. The Kier molecular flexibility index (Phi) is 11.7.